The highest BCUT2D eigenvalue weighted by molar-refractivity contribution is 5.91. The molecule has 0 saturated heterocycles. The van der Waals surface area contributed by atoms with Gasteiger partial charge in [-0.05, 0) is 35.4 Å². The third-order valence-corrected chi connectivity index (χ3v) is 5.28. The Kier molecular flexibility index (Phi) is 7.51. The van der Waals surface area contributed by atoms with Crippen molar-refractivity contribution in [3.63, 3.8) is 0 Å². The number of nitrogens with one attached hydrogen (secondary N) is 1. The van der Waals surface area contributed by atoms with E-state index >= 15 is 0 Å². The average Bonchev–Trinajstić information content (AvgIpc) is 3.33. The van der Waals surface area contributed by atoms with Gasteiger partial charge < -0.3 is 14.5 Å². The lowest BCUT2D eigenvalue weighted by Gasteiger charge is -2.22. The van der Waals surface area contributed by atoms with Gasteiger partial charge in [0.15, 0.2) is 5.76 Å². The van der Waals surface area contributed by atoms with Crippen LogP contribution in [0.25, 0.3) is 0 Å². The van der Waals surface area contributed by atoms with E-state index in [9.17, 15) is 4.79 Å². The fourth-order valence-corrected chi connectivity index (χ4v) is 3.66. The van der Waals surface area contributed by atoms with Crippen molar-refractivity contribution in [2.75, 3.05) is 7.11 Å². The molecular weight excluding hydrogens is 414 g/mol. The summed E-state index contributed by atoms with van der Waals surface area (Å²) in [5, 5.41) is 2.87. The Bertz CT molecular complexity index is 1160. The van der Waals surface area contributed by atoms with Gasteiger partial charge in [-0.25, -0.2) is 0 Å². The molecular formula is C27H27N3O3. The molecule has 0 spiro atoms. The van der Waals surface area contributed by atoms with Crippen molar-refractivity contribution < 1.29 is 13.9 Å². The molecule has 1 amide bonds. The van der Waals surface area contributed by atoms with Crippen LogP contribution in [-0.2, 0) is 26.2 Å². The Morgan fingerprint density at radius 2 is 1.70 bits per heavy atom. The maximum atomic E-state index is 12.5. The molecule has 1 N–H and O–H groups in total. The van der Waals surface area contributed by atoms with Crippen LogP contribution in [-0.4, -0.2) is 22.9 Å². The van der Waals surface area contributed by atoms with Crippen LogP contribution in [0.4, 0.5) is 0 Å². The maximum absolute atomic E-state index is 12.5. The van der Waals surface area contributed by atoms with Crippen molar-refractivity contribution in [1.82, 2.24) is 15.2 Å². The number of ether oxygens (including phenoxy) is 1. The molecule has 0 unspecified atom stereocenters. The van der Waals surface area contributed by atoms with Crippen LogP contribution in [0.15, 0.2) is 95.7 Å². The van der Waals surface area contributed by atoms with E-state index in [4.69, 9.17) is 9.15 Å². The zero-order chi connectivity index (χ0) is 22.9. The van der Waals surface area contributed by atoms with E-state index in [1.54, 1.807) is 25.6 Å². The molecule has 6 heteroatoms. The van der Waals surface area contributed by atoms with Crippen LogP contribution in [0.3, 0.4) is 0 Å². The Morgan fingerprint density at radius 1 is 0.909 bits per heavy atom. The zero-order valence-corrected chi connectivity index (χ0v) is 18.6. The van der Waals surface area contributed by atoms with E-state index in [0.29, 0.717) is 25.4 Å². The van der Waals surface area contributed by atoms with Crippen LogP contribution in [0.5, 0.6) is 5.75 Å². The molecule has 0 bridgehead atoms. The molecule has 6 nitrogen and oxygen atoms in total. The van der Waals surface area contributed by atoms with Gasteiger partial charge in [0.1, 0.15) is 11.5 Å². The topological polar surface area (TPSA) is 67.6 Å². The van der Waals surface area contributed by atoms with Gasteiger partial charge in [0.2, 0.25) is 0 Å². The van der Waals surface area contributed by atoms with Crippen LogP contribution >= 0.6 is 0 Å². The lowest BCUT2D eigenvalue weighted by molar-refractivity contribution is 0.0918. The number of methoxy groups -OCH3 is 1. The number of aromatic nitrogens is 1. The Labute approximate surface area is 193 Å². The number of rotatable bonds is 10. The minimum atomic E-state index is -0.246. The quantitative estimate of drug-likeness (QED) is 0.382. The molecule has 0 saturated carbocycles. The number of amides is 1. The van der Waals surface area contributed by atoms with Crippen LogP contribution in [0, 0.1) is 0 Å². The molecule has 4 aromatic rings. The molecule has 0 atom stereocenters. The number of carbonyl (C=O) groups excluding carboxylic acids is 1. The zero-order valence-electron chi connectivity index (χ0n) is 18.6. The number of pyridine rings is 1. The number of nitrogens with zero attached hydrogens (tertiary/aromatic N) is 2. The number of hydrogen-bond donors (Lipinski definition) is 1. The van der Waals surface area contributed by atoms with Crippen molar-refractivity contribution >= 4 is 5.91 Å². The summed E-state index contributed by atoms with van der Waals surface area (Å²) in [5.74, 6) is 1.63. The van der Waals surface area contributed by atoms with Gasteiger partial charge in [0.25, 0.3) is 5.91 Å². The summed E-state index contributed by atoms with van der Waals surface area (Å²) < 4.78 is 11.4. The molecule has 0 aliphatic rings. The van der Waals surface area contributed by atoms with E-state index < -0.39 is 0 Å². The molecule has 2 heterocycles. The maximum Gasteiger partial charge on any atom is 0.287 e. The average molecular weight is 442 g/mol. The predicted molar refractivity (Wildman–Crippen MR) is 127 cm³/mol. The number of carbonyl (C=O) groups is 1. The normalized spacial score (nSPS) is 10.8. The first-order valence-corrected chi connectivity index (χ1v) is 10.9. The lowest BCUT2D eigenvalue weighted by atomic mass is 10.1. The molecule has 168 valence electrons. The Hall–Kier alpha value is -3.90. The van der Waals surface area contributed by atoms with Gasteiger partial charge in [-0.2, -0.15) is 0 Å². The summed E-state index contributed by atoms with van der Waals surface area (Å²) in [5.41, 5.74) is 3.23. The van der Waals surface area contributed by atoms with Gasteiger partial charge >= 0.3 is 0 Å². The van der Waals surface area contributed by atoms with Crippen molar-refractivity contribution in [2.45, 2.75) is 26.2 Å². The number of benzene rings is 2. The minimum absolute atomic E-state index is 0.246. The summed E-state index contributed by atoms with van der Waals surface area (Å²) in [6.07, 6.45) is 3.43. The van der Waals surface area contributed by atoms with Crippen LogP contribution in [0.2, 0.25) is 0 Å². The number of para-hydroxylation sites is 1. The number of hydrogen-bond acceptors (Lipinski definition) is 5. The van der Waals surface area contributed by atoms with Crippen molar-refractivity contribution in [2.24, 2.45) is 0 Å². The van der Waals surface area contributed by atoms with Gasteiger partial charge in [0, 0.05) is 37.6 Å². The first-order valence-electron chi connectivity index (χ1n) is 10.9. The summed E-state index contributed by atoms with van der Waals surface area (Å²) >= 11 is 0. The second-order valence-corrected chi connectivity index (χ2v) is 7.75. The third kappa shape index (κ3) is 6.30. The standard InChI is InChI=1S/C27H27N3O3/c1-32-25-12-6-5-11-23(25)19-30(18-21-8-3-2-4-9-21)20-24-13-14-26(33-24)27(31)29-17-22-10-7-15-28-16-22/h2-16H,17-20H2,1H3,(H,29,31). The molecule has 0 aliphatic carbocycles. The lowest BCUT2D eigenvalue weighted by Crippen LogP contribution is -2.23. The van der Waals surface area contributed by atoms with E-state index in [1.165, 1.54) is 5.56 Å². The first-order chi connectivity index (χ1) is 16.2. The third-order valence-electron chi connectivity index (χ3n) is 5.28. The Balaban J connectivity index is 1.45. The summed E-state index contributed by atoms with van der Waals surface area (Å²) in [6, 6.07) is 25.6. The van der Waals surface area contributed by atoms with Crippen LogP contribution in [0.1, 0.15) is 33.0 Å². The molecule has 4 rings (SSSR count). The number of furan rings is 1. The van der Waals surface area contributed by atoms with Gasteiger partial charge in [-0.3, -0.25) is 14.7 Å². The van der Waals surface area contributed by atoms with Crippen molar-refractivity contribution in [1.29, 1.82) is 0 Å². The van der Waals surface area contributed by atoms with Crippen molar-refractivity contribution in [3.05, 3.63) is 119 Å². The second-order valence-electron chi connectivity index (χ2n) is 7.75. The fourth-order valence-electron chi connectivity index (χ4n) is 3.66. The predicted octanol–water partition coefficient (Wildman–Crippen LogP) is 4.82. The largest absolute Gasteiger partial charge is 0.496 e. The van der Waals surface area contributed by atoms with E-state index in [2.05, 4.69) is 33.4 Å². The summed E-state index contributed by atoms with van der Waals surface area (Å²) in [4.78, 5) is 18.9. The molecule has 33 heavy (non-hydrogen) atoms. The summed E-state index contributed by atoms with van der Waals surface area (Å²) in [6.45, 7) is 2.38. The highest BCUT2D eigenvalue weighted by Gasteiger charge is 2.16. The molecule has 0 aliphatic heterocycles. The van der Waals surface area contributed by atoms with Crippen LogP contribution < -0.4 is 10.1 Å². The van der Waals surface area contributed by atoms with E-state index in [1.807, 2.05) is 54.6 Å². The second kappa shape index (κ2) is 11.1. The molecule has 0 radical (unpaired) electrons. The van der Waals surface area contributed by atoms with E-state index in [0.717, 1.165) is 29.2 Å². The van der Waals surface area contributed by atoms with Gasteiger partial charge in [-0.15, -0.1) is 0 Å². The monoisotopic (exact) mass is 441 g/mol. The minimum Gasteiger partial charge on any atom is -0.496 e. The fraction of sp³-hybridized carbons (Fsp3) is 0.185. The van der Waals surface area contributed by atoms with Crippen molar-refractivity contribution in [3.8, 4) is 5.75 Å². The highest BCUT2D eigenvalue weighted by Crippen LogP contribution is 2.22. The molecule has 0 fully saturated rings. The van der Waals surface area contributed by atoms with Gasteiger partial charge in [-0.1, -0.05) is 54.6 Å². The summed E-state index contributed by atoms with van der Waals surface area (Å²) in [7, 11) is 1.68. The first kappa shape index (κ1) is 22.3. The van der Waals surface area contributed by atoms with Gasteiger partial charge in [0.05, 0.1) is 13.7 Å². The van der Waals surface area contributed by atoms with E-state index in [-0.39, 0.29) is 5.91 Å². The SMILES string of the molecule is COc1ccccc1CN(Cc1ccccc1)Cc1ccc(C(=O)NCc2cccnc2)o1. The Morgan fingerprint density at radius 3 is 2.48 bits per heavy atom. The highest BCUT2D eigenvalue weighted by atomic mass is 16.5. The smallest absolute Gasteiger partial charge is 0.287 e. The molecule has 2 aromatic carbocycles. The molecule has 2 aromatic heterocycles.